The second-order valence-electron chi connectivity index (χ2n) is 8.56. The Morgan fingerprint density at radius 3 is 2.04 bits per heavy atom. The number of ether oxygens (including phenoxy) is 1. The molecule has 1 aromatic carbocycles. The third-order valence-electron chi connectivity index (χ3n) is 4.94. The lowest BCUT2D eigenvalue weighted by Gasteiger charge is -2.10. The molecule has 0 bridgehead atoms. The van der Waals surface area contributed by atoms with Crippen LogP contribution in [0.15, 0.2) is 18.2 Å². The number of carboxylic acids is 1. The Kier molecular flexibility index (Phi) is 11.5. The van der Waals surface area contributed by atoms with Gasteiger partial charge in [-0.25, -0.2) is 9.59 Å². The fraction of sp³-hybridized carbons (Fsp3) is 0.667. The molecule has 158 valence electrons. The number of hydrogen-bond donors (Lipinski definition) is 1. The Bertz CT molecular complexity index is 605. The van der Waals surface area contributed by atoms with E-state index in [2.05, 4.69) is 27.7 Å². The fourth-order valence-corrected chi connectivity index (χ4v) is 3.23. The van der Waals surface area contributed by atoms with Crippen molar-refractivity contribution in [1.29, 1.82) is 0 Å². The van der Waals surface area contributed by atoms with Crippen LogP contribution in [-0.4, -0.2) is 23.7 Å². The smallest absolute Gasteiger partial charge is 0.339 e. The van der Waals surface area contributed by atoms with E-state index in [-0.39, 0.29) is 11.1 Å². The molecule has 0 fully saturated rings. The second kappa shape index (κ2) is 13.4. The summed E-state index contributed by atoms with van der Waals surface area (Å²) < 4.78 is 5.35. The number of aryl methyl sites for hydroxylation is 1. The van der Waals surface area contributed by atoms with Gasteiger partial charge < -0.3 is 9.84 Å². The Morgan fingerprint density at radius 1 is 0.857 bits per heavy atom. The molecule has 0 radical (unpaired) electrons. The van der Waals surface area contributed by atoms with Gasteiger partial charge in [0.2, 0.25) is 0 Å². The van der Waals surface area contributed by atoms with E-state index in [4.69, 9.17) is 4.74 Å². The predicted molar refractivity (Wildman–Crippen MR) is 114 cm³/mol. The first kappa shape index (κ1) is 24.2. The molecular formula is C24H38O4. The van der Waals surface area contributed by atoms with Gasteiger partial charge in [0.05, 0.1) is 17.7 Å². The summed E-state index contributed by atoms with van der Waals surface area (Å²) in [6.07, 6.45) is 9.62. The van der Waals surface area contributed by atoms with Crippen molar-refractivity contribution in [3.63, 3.8) is 0 Å². The Morgan fingerprint density at radius 2 is 1.46 bits per heavy atom. The van der Waals surface area contributed by atoms with Gasteiger partial charge in [-0.3, -0.25) is 0 Å². The van der Waals surface area contributed by atoms with E-state index in [9.17, 15) is 14.7 Å². The van der Waals surface area contributed by atoms with E-state index in [0.717, 1.165) is 50.0 Å². The van der Waals surface area contributed by atoms with Crippen molar-refractivity contribution in [3.8, 4) is 0 Å². The maximum atomic E-state index is 12.4. The van der Waals surface area contributed by atoms with Gasteiger partial charge in [0.25, 0.3) is 0 Å². The molecule has 0 aliphatic heterocycles. The molecule has 0 aliphatic carbocycles. The van der Waals surface area contributed by atoms with E-state index >= 15 is 0 Å². The summed E-state index contributed by atoms with van der Waals surface area (Å²) in [7, 11) is 0. The molecule has 1 N–H and O–H groups in total. The number of carboxylic acid groups (broad SMARTS) is 1. The van der Waals surface area contributed by atoms with Crippen molar-refractivity contribution in [1.82, 2.24) is 0 Å². The Hall–Kier alpha value is -1.84. The summed E-state index contributed by atoms with van der Waals surface area (Å²) in [5.74, 6) is -0.203. The first-order chi connectivity index (χ1) is 13.3. The Balaban J connectivity index is 2.56. The van der Waals surface area contributed by atoms with Crippen LogP contribution in [0.25, 0.3) is 0 Å². The van der Waals surface area contributed by atoms with Crippen LogP contribution in [0.5, 0.6) is 0 Å². The average Bonchev–Trinajstić information content (AvgIpc) is 2.63. The molecule has 28 heavy (non-hydrogen) atoms. The number of benzene rings is 1. The van der Waals surface area contributed by atoms with Crippen molar-refractivity contribution >= 4 is 11.9 Å². The van der Waals surface area contributed by atoms with Crippen LogP contribution in [0, 0.1) is 11.8 Å². The SMILES string of the molecule is CC(C)CCCCCOC(=O)c1cc(CCCCCC(C)C)ccc1C(=O)O. The minimum absolute atomic E-state index is 0.0216. The summed E-state index contributed by atoms with van der Waals surface area (Å²) in [4.78, 5) is 23.9. The zero-order valence-electron chi connectivity index (χ0n) is 18.1. The summed E-state index contributed by atoms with van der Waals surface area (Å²) >= 11 is 0. The van der Waals surface area contributed by atoms with Crippen LogP contribution in [-0.2, 0) is 11.2 Å². The number of carbonyl (C=O) groups is 2. The molecule has 0 saturated carbocycles. The summed E-state index contributed by atoms with van der Waals surface area (Å²) in [6.45, 7) is 9.20. The van der Waals surface area contributed by atoms with Crippen LogP contribution in [0.1, 0.15) is 105 Å². The second-order valence-corrected chi connectivity index (χ2v) is 8.56. The van der Waals surface area contributed by atoms with Crippen molar-refractivity contribution in [3.05, 3.63) is 34.9 Å². The number of rotatable bonds is 14. The van der Waals surface area contributed by atoms with Gasteiger partial charge in [-0.15, -0.1) is 0 Å². The number of esters is 1. The van der Waals surface area contributed by atoms with E-state index in [1.165, 1.54) is 25.3 Å². The van der Waals surface area contributed by atoms with Crippen LogP contribution >= 0.6 is 0 Å². The first-order valence-corrected chi connectivity index (χ1v) is 10.8. The van der Waals surface area contributed by atoms with Gasteiger partial charge in [-0.2, -0.15) is 0 Å². The van der Waals surface area contributed by atoms with Crippen molar-refractivity contribution in [2.45, 2.75) is 85.5 Å². The average molecular weight is 391 g/mol. The molecule has 0 aromatic heterocycles. The molecule has 0 amide bonds. The maximum absolute atomic E-state index is 12.4. The monoisotopic (exact) mass is 390 g/mol. The van der Waals surface area contributed by atoms with E-state index < -0.39 is 11.9 Å². The lowest BCUT2D eigenvalue weighted by Crippen LogP contribution is -2.13. The summed E-state index contributed by atoms with van der Waals surface area (Å²) in [5, 5.41) is 9.39. The quantitative estimate of drug-likeness (QED) is 0.290. The lowest BCUT2D eigenvalue weighted by atomic mass is 9.99. The molecule has 0 unspecified atom stereocenters. The van der Waals surface area contributed by atoms with Gasteiger partial charge in [0, 0.05) is 0 Å². The largest absolute Gasteiger partial charge is 0.478 e. The molecule has 4 nitrogen and oxygen atoms in total. The highest BCUT2D eigenvalue weighted by molar-refractivity contribution is 6.02. The van der Waals surface area contributed by atoms with Gasteiger partial charge in [0.15, 0.2) is 0 Å². The van der Waals surface area contributed by atoms with Gasteiger partial charge in [-0.05, 0) is 48.8 Å². The normalized spacial score (nSPS) is 11.2. The van der Waals surface area contributed by atoms with Gasteiger partial charge in [0.1, 0.15) is 0 Å². The van der Waals surface area contributed by atoms with E-state index in [1.54, 1.807) is 6.07 Å². The zero-order valence-corrected chi connectivity index (χ0v) is 18.1. The summed E-state index contributed by atoms with van der Waals surface area (Å²) in [6, 6.07) is 5.05. The van der Waals surface area contributed by atoms with Crippen LogP contribution < -0.4 is 0 Å². The highest BCUT2D eigenvalue weighted by Gasteiger charge is 2.18. The molecule has 1 aromatic rings. The Labute approximate surface area is 170 Å². The minimum Gasteiger partial charge on any atom is -0.478 e. The molecular weight excluding hydrogens is 352 g/mol. The van der Waals surface area contributed by atoms with E-state index in [1.807, 2.05) is 6.07 Å². The van der Waals surface area contributed by atoms with Crippen molar-refractivity contribution < 1.29 is 19.4 Å². The number of carbonyl (C=O) groups excluding carboxylic acids is 1. The standard InChI is InChI=1S/C24H38O4/c1-18(2)11-7-5-9-13-20-14-15-21(23(25)26)22(17-20)24(27)28-16-10-6-8-12-19(3)4/h14-15,17-19H,5-13,16H2,1-4H3,(H,25,26). The number of unbranched alkanes of at least 4 members (excludes halogenated alkanes) is 4. The first-order valence-electron chi connectivity index (χ1n) is 10.8. The summed E-state index contributed by atoms with van der Waals surface area (Å²) in [5.41, 5.74) is 1.20. The van der Waals surface area contributed by atoms with Crippen LogP contribution in [0.2, 0.25) is 0 Å². The van der Waals surface area contributed by atoms with Crippen molar-refractivity contribution in [2.24, 2.45) is 11.8 Å². The van der Waals surface area contributed by atoms with Crippen LogP contribution in [0.4, 0.5) is 0 Å². The minimum atomic E-state index is -1.09. The molecule has 0 atom stereocenters. The van der Waals surface area contributed by atoms with Crippen LogP contribution in [0.3, 0.4) is 0 Å². The molecule has 4 heteroatoms. The van der Waals surface area contributed by atoms with E-state index in [0.29, 0.717) is 12.5 Å². The predicted octanol–water partition coefficient (Wildman–Crippen LogP) is 6.52. The third kappa shape index (κ3) is 9.91. The lowest BCUT2D eigenvalue weighted by molar-refractivity contribution is 0.0487. The topological polar surface area (TPSA) is 63.6 Å². The third-order valence-corrected chi connectivity index (χ3v) is 4.94. The van der Waals surface area contributed by atoms with Crippen molar-refractivity contribution in [2.75, 3.05) is 6.61 Å². The zero-order chi connectivity index (χ0) is 20.9. The molecule has 1 rings (SSSR count). The number of aromatic carboxylic acids is 1. The maximum Gasteiger partial charge on any atom is 0.339 e. The fourth-order valence-electron chi connectivity index (χ4n) is 3.23. The molecule has 0 spiro atoms. The van der Waals surface area contributed by atoms with Gasteiger partial charge >= 0.3 is 11.9 Å². The highest BCUT2D eigenvalue weighted by Crippen LogP contribution is 2.17. The highest BCUT2D eigenvalue weighted by atomic mass is 16.5. The molecule has 0 saturated heterocycles. The molecule has 0 heterocycles. The molecule has 0 aliphatic rings. The number of hydrogen-bond acceptors (Lipinski definition) is 3. The van der Waals surface area contributed by atoms with Gasteiger partial charge in [-0.1, -0.05) is 72.3 Å².